The lowest BCUT2D eigenvalue weighted by Crippen LogP contribution is -2.28. The van der Waals surface area contributed by atoms with Crippen molar-refractivity contribution in [1.29, 1.82) is 0 Å². The number of ether oxygens (including phenoxy) is 1. The average molecular weight is 408 g/mol. The Morgan fingerprint density at radius 1 is 0.967 bits per heavy atom. The van der Waals surface area contributed by atoms with E-state index in [0.29, 0.717) is 12.6 Å². The number of methoxy groups -OCH3 is 1. The zero-order valence-electron chi connectivity index (χ0n) is 17.4. The molecule has 0 spiro atoms. The molecule has 30 heavy (non-hydrogen) atoms. The van der Waals surface area contributed by atoms with Crippen molar-refractivity contribution in [3.63, 3.8) is 0 Å². The summed E-state index contributed by atoms with van der Waals surface area (Å²) in [4.78, 5) is 26.8. The van der Waals surface area contributed by atoms with E-state index in [1.54, 1.807) is 12.0 Å². The van der Waals surface area contributed by atoms with Crippen LogP contribution in [0.2, 0.25) is 0 Å². The fourth-order valence-electron chi connectivity index (χ4n) is 4.27. The molecule has 2 amide bonds. The summed E-state index contributed by atoms with van der Waals surface area (Å²) in [7, 11) is 1.61. The summed E-state index contributed by atoms with van der Waals surface area (Å²) in [5, 5.41) is 6.54. The molecule has 0 aromatic heterocycles. The molecule has 2 N–H and O–H groups in total. The van der Waals surface area contributed by atoms with Crippen molar-refractivity contribution in [3.05, 3.63) is 48.5 Å². The maximum atomic E-state index is 12.7. The van der Waals surface area contributed by atoms with Gasteiger partial charge < -0.3 is 20.3 Å². The van der Waals surface area contributed by atoms with Crippen LogP contribution in [0.25, 0.3) is 0 Å². The third kappa shape index (κ3) is 4.75. The lowest BCUT2D eigenvalue weighted by molar-refractivity contribution is -0.122. The lowest BCUT2D eigenvalue weighted by Gasteiger charge is -2.24. The fourth-order valence-corrected chi connectivity index (χ4v) is 4.27. The van der Waals surface area contributed by atoms with Gasteiger partial charge in [0.1, 0.15) is 5.75 Å². The molecule has 2 aromatic rings. The average Bonchev–Trinajstić information content (AvgIpc) is 3.18. The van der Waals surface area contributed by atoms with E-state index in [4.69, 9.17) is 4.74 Å². The van der Waals surface area contributed by atoms with Gasteiger partial charge in [0, 0.05) is 36.1 Å². The van der Waals surface area contributed by atoms with Crippen molar-refractivity contribution >= 4 is 28.9 Å². The van der Waals surface area contributed by atoms with Crippen LogP contribution in [-0.2, 0) is 9.59 Å². The Bertz CT molecular complexity index is 874. The normalized spacial score (nSPS) is 19.6. The molecule has 6 nitrogen and oxygen atoms in total. The number of rotatable bonds is 6. The van der Waals surface area contributed by atoms with Crippen LogP contribution in [-0.4, -0.2) is 31.5 Å². The van der Waals surface area contributed by atoms with Crippen LogP contribution >= 0.6 is 0 Å². The summed E-state index contributed by atoms with van der Waals surface area (Å²) in [6.45, 7) is 0.387. The van der Waals surface area contributed by atoms with Crippen LogP contribution in [0.3, 0.4) is 0 Å². The van der Waals surface area contributed by atoms with Gasteiger partial charge in [-0.25, -0.2) is 0 Å². The Hall–Kier alpha value is -3.02. The van der Waals surface area contributed by atoms with E-state index in [1.165, 1.54) is 32.1 Å². The molecule has 1 saturated heterocycles. The number of nitrogens with zero attached hydrogens (tertiary/aromatic N) is 1. The molecule has 1 aliphatic carbocycles. The molecule has 2 aliphatic rings. The fraction of sp³-hybridized carbons (Fsp3) is 0.417. The summed E-state index contributed by atoms with van der Waals surface area (Å²) in [6.07, 6.45) is 6.58. The van der Waals surface area contributed by atoms with Crippen LogP contribution in [0.5, 0.6) is 5.75 Å². The summed E-state index contributed by atoms with van der Waals surface area (Å²) < 4.78 is 5.16. The number of hydrogen-bond acceptors (Lipinski definition) is 4. The first-order valence-electron chi connectivity index (χ1n) is 10.7. The van der Waals surface area contributed by atoms with Crippen LogP contribution in [0.1, 0.15) is 38.5 Å². The maximum absolute atomic E-state index is 12.7. The molecule has 1 atom stereocenters. The minimum Gasteiger partial charge on any atom is -0.497 e. The van der Waals surface area contributed by atoms with E-state index in [0.717, 1.165) is 22.8 Å². The third-order valence-corrected chi connectivity index (χ3v) is 6.01. The Balaban J connectivity index is 1.32. The number of anilines is 3. The topological polar surface area (TPSA) is 70.7 Å². The molecule has 6 heteroatoms. The number of benzene rings is 2. The second kappa shape index (κ2) is 9.20. The van der Waals surface area contributed by atoms with E-state index >= 15 is 0 Å². The molecule has 0 radical (unpaired) electrons. The summed E-state index contributed by atoms with van der Waals surface area (Å²) in [6, 6.07) is 15.7. The van der Waals surface area contributed by atoms with Gasteiger partial charge in [0.25, 0.3) is 0 Å². The highest BCUT2D eigenvalue weighted by atomic mass is 16.5. The molecule has 0 unspecified atom stereocenters. The lowest BCUT2D eigenvalue weighted by atomic mass is 9.95. The minimum atomic E-state index is -0.361. The van der Waals surface area contributed by atoms with Gasteiger partial charge in [-0.05, 0) is 61.4 Å². The van der Waals surface area contributed by atoms with Gasteiger partial charge in [-0.2, -0.15) is 0 Å². The Labute approximate surface area is 177 Å². The number of nitrogens with one attached hydrogen (secondary N) is 2. The second-order valence-corrected chi connectivity index (χ2v) is 8.15. The van der Waals surface area contributed by atoms with Crippen molar-refractivity contribution in [2.75, 3.05) is 29.2 Å². The van der Waals surface area contributed by atoms with E-state index in [-0.39, 0.29) is 24.2 Å². The molecular weight excluding hydrogens is 378 g/mol. The summed E-state index contributed by atoms with van der Waals surface area (Å²) in [5.74, 6) is 0.223. The van der Waals surface area contributed by atoms with Crippen molar-refractivity contribution in [1.82, 2.24) is 0 Å². The molecule has 2 fully saturated rings. The molecule has 1 aliphatic heterocycles. The molecule has 2 aromatic carbocycles. The Morgan fingerprint density at radius 2 is 1.63 bits per heavy atom. The van der Waals surface area contributed by atoms with Crippen LogP contribution in [0, 0.1) is 5.92 Å². The minimum absolute atomic E-state index is 0.0349. The van der Waals surface area contributed by atoms with Gasteiger partial charge in [-0.1, -0.05) is 19.3 Å². The smallest absolute Gasteiger partial charge is 0.229 e. The Morgan fingerprint density at radius 3 is 2.30 bits per heavy atom. The van der Waals surface area contributed by atoms with E-state index in [1.807, 2.05) is 48.5 Å². The summed E-state index contributed by atoms with van der Waals surface area (Å²) in [5.41, 5.74) is 2.63. The van der Waals surface area contributed by atoms with Crippen LogP contribution in [0.15, 0.2) is 48.5 Å². The number of amides is 2. The van der Waals surface area contributed by atoms with Gasteiger partial charge >= 0.3 is 0 Å². The van der Waals surface area contributed by atoms with Crippen LogP contribution in [0.4, 0.5) is 17.1 Å². The zero-order chi connectivity index (χ0) is 20.9. The number of carbonyl (C=O) groups is 2. The van der Waals surface area contributed by atoms with Crippen molar-refractivity contribution in [3.8, 4) is 5.75 Å². The maximum Gasteiger partial charge on any atom is 0.229 e. The first-order valence-corrected chi connectivity index (χ1v) is 10.7. The third-order valence-electron chi connectivity index (χ3n) is 6.01. The Kier molecular flexibility index (Phi) is 6.21. The molecular formula is C24H29N3O3. The predicted octanol–water partition coefficient (Wildman–Crippen LogP) is 4.43. The van der Waals surface area contributed by atoms with E-state index in [2.05, 4.69) is 10.6 Å². The van der Waals surface area contributed by atoms with Gasteiger partial charge in [-0.15, -0.1) is 0 Å². The van der Waals surface area contributed by atoms with Crippen molar-refractivity contribution < 1.29 is 14.3 Å². The van der Waals surface area contributed by atoms with Gasteiger partial charge in [0.15, 0.2) is 0 Å². The van der Waals surface area contributed by atoms with Gasteiger partial charge in [-0.3, -0.25) is 9.59 Å². The molecule has 0 bridgehead atoms. The highest BCUT2D eigenvalue weighted by molar-refractivity contribution is 6.03. The standard InChI is InChI=1S/C24H29N3O3/c1-30-22-13-11-21(12-14-22)27-16-17(15-23(27)28)24(29)26-20-9-7-19(8-10-20)25-18-5-3-2-4-6-18/h7-14,17-18,25H,2-6,15-16H2,1H3,(H,26,29)/t17-/m0/s1. The first kappa shape index (κ1) is 20.3. The predicted molar refractivity (Wildman–Crippen MR) is 119 cm³/mol. The molecule has 1 heterocycles. The number of hydrogen-bond donors (Lipinski definition) is 2. The van der Waals surface area contributed by atoms with Crippen LogP contribution < -0.4 is 20.3 Å². The zero-order valence-corrected chi connectivity index (χ0v) is 17.4. The SMILES string of the molecule is COc1ccc(N2C[C@@H](C(=O)Nc3ccc(NC4CCCCC4)cc3)CC2=O)cc1. The largest absolute Gasteiger partial charge is 0.497 e. The van der Waals surface area contributed by atoms with Crippen molar-refractivity contribution in [2.45, 2.75) is 44.6 Å². The van der Waals surface area contributed by atoms with Crippen molar-refractivity contribution in [2.24, 2.45) is 5.92 Å². The molecule has 158 valence electrons. The first-order chi connectivity index (χ1) is 14.6. The quantitative estimate of drug-likeness (QED) is 0.743. The van der Waals surface area contributed by atoms with Gasteiger partial charge in [0.2, 0.25) is 11.8 Å². The monoisotopic (exact) mass is 407 g/mol. The second-order valence-electron chi connectivity index (χ2n) is 8.15. The highest BCUT2D eigenvalue weighted by Crippen LogP contribution is 2.28. The number of carbonyl (C=O) groups excluding carboxylic acids is 2. The van der Waals surface area contributed by atoms with E-state index in [9.17, 15) is 9.59 Å². The molecule has 4 rings (SSSR count). The summed E-state index contributed by atoms with van der Waals surface area (Å²) >= 11 is 0. The van der Waals surface area contributed by atoms with E-state index < -0.39 is 0 Å². The van der Waals surface area contributed by atoms with Gasteiger partial charge in [0.05, 0.1) is 13.0 Å². The molecule has 1 saturated carbocycles. The highest BCUT2D eigenvalue weighted by Gasteiger charge is 2.35.